The third-order valence-corrected chi connectivity index (χ3v) is 2.67. The highest BCUT2D eigenvalue weighted by Gasteiger charge is 1.98. The molecule has 3 heteroatoms. The predicted molar refractivity (Wildman–Crippen MR) is 63.0 cm³/mol. The summed E-state index contributed by atoms with van der Waals surface area (Å²) in [6.07, 6.45) is 1.59. The molecule has 0 fully saturated rings. The number of hydrogen-bond acceptors (Lipinski definition) is 2. The monoisotopic (exact) mass is 260 g/mol. The van der Waals surface area contributed by atoms with Crippen LogP contribution < -0.4 is 0 Å². The first-order valence-electron chi connectivity index (χ1n) is 4.38. The minimum Gasteiger partial charge on any atom is -0.192 e. The molecule has 0 atom stereocenters. The van der Waals surface area contributed by atoms with Gasteiger partial charge < -0.3 is 0 Å². The zero-order chi connectivity index (χ0) is 11.3. The molecule has 0 N–H and O–H groups in total. The summed E-state index contributed by atoms with van der Waals surface area (Å²) < 4.78 is 0. The highest BCUT2D eigenvalue weighted by Crippen LogP contribution is 2.16. The fraction of sp³-hybridized carbons (Fsp3) is 0.167. The molecular formula is C12H9BrN2. The van der Waals surface area contributed by atoms with Crippen LogP contribution >= 0.6 is 15.9 Å². The molecule has 2 nitrogen and oxygen atoms in total. The summed E-state index contributed by atoms with van der Waals surface area (Å²) in [7, 11) is 0. The molecule has 0 aliphatic carbocycles. The maximum Gasteiger partial charge on any atom is 0.130 e. The van der Waals surface area contributed by atoms with Gasteiger partial charge in [-0.3, -0.25) is 0 Å². The Kier molecular flexibility index (Phi) is 4.09. The van der Waals surface area contributed by atoms with E-state index >= 15 is 0 Å². The van der Waals surface area contributed by atoms with Crippen molar-refractivity contribution in [3.8, 4) is 12.1 Å². The molecule has 1 aromatic carbocycles. The molecule has 0 aromatic heterocycles. The van der Waals surface area contributed by atoms with Crippen molar-refractivity contribution in [3.05, 3.63) is 40.5 Å². The molecule has 0 saturated carbocycles. The topological polar surface area (TPSA) is 47.6 Å². The molecule has 15 heavy (non-hydrogen) atoms. The van der Waals surface area contributed by atoms with Crippen LogP contribution in [0.15, 0.2) is 23.8 Å². The lowest BCUT2D eigenvalue weighted by Crippen LogP contribution is -1.85. The Morgan fingerprint density at radius 2 is 2.07 bits per heavy atom. The first-order valence-corrected chi connectivity index (χ1v) is 5.50. The number of nitrogens with zero attached hydrogens (tertiary/aromatic N) is 2. The van der Waals surface area contributed by atoms with Gasteiger partial charge in [-0.25, -0.2) is 0 Å². The van der Waals surface area contributed by atoms with Crippen LogP contribution in [0.2, 0.25) is 0 Å². The van der Waals surface area contributed by atoms with Crippen LogP contribution in [0.1, 0.15) is 16.7 Å². The van der Waals surface area contributed by atoms with Gasteiger partial charge >= 0.3 is 0 Å². The van der Waals surface area contributed by atoms with Crippen molar-refractivity contribution in [3.63, 3.8) is 0 Å². The maximum atomic E-state index is 8.61. The minimum atomic E-state index is 0.126. The third-order valence-electron chi connectivity index (χ3n) is 2.06. The summed E-state index contributed by atoms with van der Waals surface area (Å²) in [6.45, 7) is 2.01. The van der Waals surface area contributed by atoms with Crippen molar-refractivity contribution in [2.24, 2.45) is 0 Å². The fourth-order valence-corrected chi connectivity index (χ4v) is 1.84. The van der Waals surface area contributed by atoms with Gasteiger partial charge in [0, 0.05) is 5.33 Å². The quantitative estimate of drug-likeness (QED) is 0.605. The van der Waals surface area contributed by atoms with Crippen molar-refractivity contribution in [2.75, 3.05) is 0 Å². The summed E-state index contributed by atoms with van der Waals surface area (Å²) >= 11 is 3.39. The SMILES string of the molecule is Cc1cc(C=C(C#N)C#N)ccc1CBr. The lowest BCUT2D eigenvalue weighted by Gasteiger charge is -2.02. The highest BCUT2D eigenvalue weighted by molar-refractivity contribution is 9.08. The zero-order valence-corrected chi connectivity index (χ0v) is 9.87. The molecule has 0 heterocycles. The Bertz CT molecular complexity index is 459. The Morgan fingerprint density at radius 1 is 1.40 bits per heavy atom. The average Bonchev–Trinajstić information content (AvgIpc) is 2.26. The number of rotatable bonds is 2. The van der Waals surface area contributed by atoms with Gasteiger partial charge in [-0.2, -0.15) is 10.5 Å². The molecular weight excluding hydrogens is 252 g/mol. The van der Waals surface area contributed by atoms with Crippen molar-refractivity contribution in [1.29, 1.82) is 10.5 Å². The maximum absolute atomic E-state index is 8.61. The first-order chi connectivity index (χ1) is 7.21. The summed E-state index contributed by atoms with van der Waals surface area (Å²) in [5.41, 5.74) is 3.37. The Labute approximate surface area is 97.6 Å². The van der Waals surface area contributed by atoms with Crippen molar-refractivity contribution in [2.45, 2.75) is 12.3 Å². The lowest BCUT2D eigenvalue weighted by molar-refractivity contribution is 1.31. The van der Waals surface area contributed by atoms with Gasteiger partial charge in [-0.1, -0.05) is 34.1 Å². The van der Waals surface area contributed by atoms with E-state index in [0.717, 1.165) is 16.5 Å². The lowest BCUT2D eigenvalue weighted by atomic mass is 10.0. The Morgan fingerprint density at radius 3 is 2.53 bits per heavy atom. The number of aryl methyl sites for hydroxylation is 1. The normalized spacial score (nSPS) is 8.80. The van der Waals surface area contributed by atoms with E-state index < -0.39 is 0 Å². The van der Waals surface area contributed by atoms with Crippen molar-refractivity contribution in [1.82, 2.24) is 0 Å². The molecule has 0 unspecified atom stereocenters. The summed E-state index contributed by atoms with van der Waals surface area (Å²) in [4.78, 5) is 0. The van der Waals surface area contributed by atoms with Crippen LogP contribution in [-0.2, 0) is 5.33 Å². The molecule has 1 aromatic rings. The van der Waals surface area contributed by atoms with Crippen molar-refractivity contribution >= 4 is 22.0 Å². The molecule has 0 amide bonds. The highest BCUT2D eigenvalue weighted by atomic mass is 79.9. The Hall–Kier alpha value is -1.58. The molecule has 1 rings (SSSR count). The largest absolute Gasteiger partial charge is 0.192 e. The van der Waals surface area contributed by atoms with Crippen LogP contribution in [-0.4, -0.2) is 0 Å². The van der Waals surface area contributed by atoms with E-state index in [-0.39, 0.29) is 5.57 Å². The molecule has 0 saturated heterocycles. The van der Waals surface area contributed by atoms with Crippen LogP contribution in [0.3, 0.4) is 0 Å². The van der Waals surface area contributed by atoms with E-state index in [1.165, 1.54) is 5.56 Å². The van der Waals surface area contributed by atoms with Gasteiger partial charge in [0.15, 0.2) is 0 Å². The third kappa shape index (κ3) is 2.94. The molecule has 74 valence electrons. The first kappa shape index (κ1) is 11.5. The van der Waals surface area contributed by atoms with E-state index in [1.54, 1.807) is 6.08 Å². The number of allylic oxidation sites excluding steroid dienone is 1. The molecule has 0 spiro atoms. The fourth-order valence-electron chi connectivity index (χ4n) is 1.22. The number of halogens is 1. The Balaban J connectivity index is 3.11. The number of alkyl halides is 1. The smallest absolute Gasteiger partial charge is 0.130 e. The number of hydrogen-bond donors (Lipinski definition) is 0. The predicted octanol–water partition coefficient (Wildman–Crippen LogP) is 3.32. The van der Waals surface area contributed by atoms with E-state index in [9.17, 15) is 0 Å². The average molecular weight is 261 g/mol. The minimum absolute atomic E-state index is 0.126. The van der Waals surface area contributed by atoms with E-state index in [1.807, 2.05) is 37.3 Å². The van der Waals surface area contributed by atoms with E-state index in [4.69, 9.17) is 10.5 Å². The zero-order valence-electron chi connectivity index (χ0n) is 8.29. The second kappa shape index (κ2) is 5.34. The van der Waals surface area contributed by atoms with Gasteiger partial charge in [0.25, 0.3) is 0 Å². The second-order valence-corrected chi connectivity index (χ2v) is 3.66. The second-order valence-electron chi connectivity index (χ2n) is 3.10. The van der Waals surface area contributed by atoms with E-state index in [2.05, 4.69) is 15.9 Å². The number of benzene rings is 1. The summed E-state index contributed by atoms with van der Waals surface area (Å²) in [5, 5.41) is 18.0. The van der Waals surface area contributed by atoms with Crippen LogP contribution in [0.25, 0.3) is 6.08 Å². The van der Waals surface area contributed by atoms with Crippen LogP contribution in [0.5, 0.6) is 0 Å². The summed E-state index contributed by atoms with van der Waals surface area (Å²) in [6, 6.07) is 9.53. The molecule has 0 aliphatic heterocycles. The van der Waals surface area contributed by atoms with Crippen molar-refractivity contribution < 1.29 is 0 Å². The molecule has 0 radical (unpaired) electrons. The van der Waals surface area contributed by atoms with Gasteiger partial charge in [0.05, 0.1) is 0 Å². The standard InChI is InChI=1S/C12H9BrN2/c1-9-4-10(2-3-12(9)6-13)5-11(7-14)8-15/h2-5H,6H2,1H3. The number of nitriles is 2. The van der Waals surface area contributed by atoms with Gasteiger partial charge in [-0.15, -0.1) is 0 Å². The van der Waals surface area contributed by atoms with E-state index in [0.29, 0.717) is 0 Å². The van der Waals surface area contributed by atoms with Crippen LogP contribution in [0, 0.1) is 29.6 Å². The van der Waals surface area contributed by atoms with Crippen LogP contribution in [0.4, 0.5) is 0 Å². The van der Waals surface area contributed by atoms with Gasteiger partial charge in [-0.05, 0) is 29.7 Å². The van der Waals surface area contributed by atoms with Gasteiger partial charge in [0.1, 0.15) is 17.7 Å². The van der Waals surface area contributed by atoms with Gasteiger partial charge in [0.2, 0.25) is 0 Å². The molecule has 0 bridgehead atoms. The summed E-state index contributed by atoms with van der Waals surface area (Å²) in [5.74, 6) is 0. The molecule has 0 aliphatic rings.